The van der Waals surface area contributed by atoms with E-state index in [9.17, 15) is 14.8 Å². The van der Waals surface area contributed by atoms with Gasteiger partial charge in [-0.05, 0) is 31.2 Å². The molecule has 0 aromatic heterocycles. The number of aryl methyl sites for hydroxylation is 1. The first-order valence-electron chi connectivity index (χ1n) is 7.23. The maximum Gasteiger partial charge on any atom is 0.359 e. The maximum absolute atomic E-state index is 12.7. The first kappa shape index (κ1) is 15.7. The van der Waals surface area contributed by atoms with Gasteiger partial charge in [0.25, 0.3) is 0 Å². The summed E-state index contributed by atoms with van der Waals surface area (Å²) >= 11 is 0. The fourth-order valence-electron chi connectivity index (χ4n) is 2.36. The Bertz CT molecular complexity index is 991. The SMILES string of the molecule is CCn1nc(-c2ccc(OC)cc2)[n+]([O-])c2c(=O)n(C)c(=O)nc1-2. The third-order valence-electron chi connectivity index (χ3n) is 3.71. The van der Waals surface area contributed by atoms with Crippen LogP contribution in [0, 0.1) is 5.21 Å². The molecule has 24 heavy (non-hydrogen) atoms. The molecule has 0 amide bonds. The minimum atomic E-state index is -0.728. The standard InChI is InChI=1S/C15H15N5O4/c1-4-19-13-11(14(21)18(2)15(22)16-13)20(23)12(17-19)9-5-7-10(24-3)8-6-9/h5-8H,4H2,1-3H3. The Kier molecular flexibility index (Phi) is 3.76. The smallest absolute Gasteiger partial charge is 0.359 e. The Morgan fingerprint density at radius 3 is 2.50 bits per heavy atom. The monoisotopic (exact) mass is 329 g/mol. The summed E-state index contributed by atoms with van der Waals surface area (Å²) in [5.74, 6) is 0.649. The molecule has 0 radical (unpaired) electrons. The molecule has 0 atom stereocenters. The van der Waals surface area contributed by atoms with Crippen LogP contribution in [0.25, 0.3) is 22.9 Å². The lowest BCUT2D eigenvalue weighted by Gasteiger charge is -2.15. The molecule has 1 aromatic rings. The lowest BCUT2D eigenvalue weighted by molar-refractivity contribution is -0.587. The Labute approximate surface area is 136 Å². The van der Waals surface area contributed by atoms with Crippen molar-refractivity contribution in [1.29, 1.82) is 0 Å². The van der Waals surface area contributed by atoms with E-state index in [2.05, 4.69) is 10.1 Å². The summed E-state index contributed by atoms with van der Waals surface area (Å²) in [5.41, 5.74) is -1.14. The second-order valence-electron chi connectivity index (χ2n) is 5.09. The molecule has 2 aliphatic heterocycles. The van der Waals surface area contributed by atoms with Gasteiger partial charge in [0.2, 0.25) is 11.5 Å². The highest BCUT2D eigenvalue weighted by Gasteiger charge is 2.28. The van der Waals surface area contributed by atoms with E-state index in [1.54, 1.807) is 31.2 Å². The largest absolute Gasteiger partial charge is 0.710 e. The van der Waals surface area contributed by atoms with Gasteiger partial charge in [0.15, 0.2) is 0 Å². The van der Waals surface area contributed by atoms with Crippen molar-refractivity contribution < 1.29 is 9.47 Å². The van der Waals surface area contributed by atoms with Gasteiger partial charge in [-0.1, -0.05) is 0 Å². The summed E-state index contributed by atoms with van der Waals surface area (Å²) in [5, 5.41) is 16.9. The van der Waals surface area contributed by atoms with E-state index in [1.165, 1.54) is 18.8 Å². The van der Waals surface area contributed by atoms with Crippen molar-refractivity contribution in [3.05, 3.63) is 50.3 Å². The number of benzene rings is 1. The quantitative estimate of drug-likeness (QED) is 0.485. The number of rotatable bonds is 3. The minimum absolute atomic E-state index is 0.0298. The molecule has 3 rings (SSSR count). The fourth-order valence-corrected chi connectivity index (χ4v) is 2.36. The van der Waals surface area contributed by atoms with Crippen LogP contribution in [0.2, 0.25) is 0 Å². The lowest BCUT2D eigenvalue weighted by Crippen LogP contribution is -2.47. The van der Waals surface area contributed by atoms with Crippen LogP contribution in [0.4, 0.5) is 0 Å². The van der Waals surface area contributed by atoms with Crippen molar-refractivity contribution >= 4 is 0 Å². The van der Waals surface area contributed by atoms with E-state index in [0.717, 1.165) is 4.57 Å². The molecule has 0 unspecified atom stereocenters. The summed E-state index contributed by atoms with van der Waals surface area (Å²) in [6, 6.07) is 6.71. The molecule has 124 valence electrons. The van der Waals surface area contributed by atoms with E-state index >= 15 is 0 Å². The third-order valence-corrected chi connectivity index (χ3v) is 3.71. The van der Waals surface area contributed by atoms with Crippen molar-refractivity contribution in [2.75, 3.05) is 7.11 Å². The Hall–Kier alpha value is -3.23. The van der Waals surface area contributed by atoms with E-state index in [1.807, 2.05) is 0 Å². The number of fused-ring (bicyclic) bond motifs is 1. The van der Waals surface area contributed by atoms with E-state index in [4.69, 9.17) is 4.74 Å². The highest BCUT2D eigenvalue weighted by atomic mass is 16.5. The Morgan fingerprint density at radius 1 is 1.25 bits per heavy atom. The van der Waals surface area contributed by atoms with Gasteiger partial charge in [0.05, 0.1) is 24.3 Å². The molecular weight excluding hydrogens is 314 g/mol. The van der Waals surface area contributed by atoms with Gasteiger partial charge in [-0.2, -0.15) is 9.67 Å². The van der Waals surface area contributed by atoms with Gasteiger partial charge >= 0.3 is 17.1 Å². The van der Waals surface area contributed by atoms with Gasteiger partial charge in [-0.15, -0.1) is 0 Å². The normalized spacial score (nSPS) is 11.0. The van der Waals surface area contributed by atoms with E-state index < -0.39 is 11.2 Å². The van der Waals surface area contributed by atoms with Crippen molar-refractivity contribution in [3.8, 4) is 28.7 Å². The molecular formula is C15H15N5O4. The van der Waals surface area contributed by atoms with Crippen molar-refractivity contribution in [3.63, 3.8) is 0 Å². The van der Waals surface area contributed by atoms with Crippen LogP contribution in [-0.4, -0.2) is 26.4 Å². The summed E-state index contributed by atoms with van der Waals surface area (Å²) < 4.78 is 7.67. The molecule has 0 saturated carbocycles. The molecule has 0 N–H and O–H groups in total. The van der Waals surface area contributed by atoms with Crippen LogP contribution in [0.3, 0.4) is 0 Å². The summed E-state index contributed by atoms with van der Waals surface area (Å²) in [4.78, 5) is 27.9. The molecule has 0 aliphatic carbocycles. The van der Waals surface area contributed by atoms with Crippen LogP contribution >= 0.6 is 0 Å². The molecule has 9 nitrogen and oxygen atoms in total. The van der Waals surface area contributed by atoms with Gasteiger partial charge in [0.1, 0.15) is 5.75 Å². The average molecular weight is 329 g/mol. The Balaban J connectivity index is 2.37. The van der Waals surface area contributed by atoms with Crippen molar-refractivity contribution in [2.45, 2.75) is 13.5 Å². The van der Waals surface area contributed by atoms with Gasteiger partial charge < -0.3 is 9.94 Å². The molecule has 0 spiro atoms. The summed E-state index contributed by atoms with van der Waals surface area (Å²) in [6.07, 6.45) is 0. The van der Waals surface area contributed by atoms with Gasteiger partial charge in [0, 0.05) is 7.05 Å². The number of methoxy groups -OCH3 is 1. The van der Waals surface area contributed by atoms with E-state index in [0.29, 0.717) is 22.6 Å². The molecule has 0 saturated heterocycles. The molecule has 2 aliphatic rings. The summed E-state index contributed by atoms with van der Waals surface area (Å²) in [7, 11) is 2.82. The number of aromatic nitrogens is 5. The molecule has 2 heterocycles. The van der Waals surface area contributed by atoms with Crippen LogP contribution in [0.15, 0.2) is 33.9 Å². The second-order valence-corrected chi connectivity index (χ2v) is 5.09. The fraction of sp³-hybridized carbons (Fsp3) is 0.267. The average Bonchev–Trinajstić information content (AvgIpc) is 2.60. The zero-order chi connectivity index (χ0) is 17.4. The Morgan fingerprint density at radius 2 is 1.92 bits per heavy atom. The predicted octanol–water partition coefficient (Wildman–Crippen LogP) is -0.229. The molecule has 0 fully saturated rings. The highest BCUT2D eigenvalue weighted by Crippen LogP contribution is 2.20. The third kappa shape index (κ3) is 2.30. The summed E-state index contributed by atoms with van der Waals surface area (Å²) in [6.45, 7) is 2.13. The number of hydrogen-bond donors (Lipinski definition) is 0. The molecule has 9 heteroatoms. The van der Waals surface area contributed by atoms with Crippen LogP contribution in [0.1, 0.15) is 6.92 Å². The van der Waals surface area contributed by atoms with Crippen molar-refractivity contribution in [2.24, 2.45) is 7.05 Å². The van der Waals surface area contributed by atoms with Gasteiger partial charge in [-0.3, -0.25) is 9.36 Å². The molecule has 1 aromatic carbocycles. The first-order chi connectivity index (χ1) is 11.5. The molecule has 0 bridgehead atoms. The lowest BCUT2D eigenvalue weighted by atomic mass is 10.2. The topological polar surface area (TPSA) is 106 Å². The van der Waals surface area contributed by atoms with E-state index in [-0.39, 0.29) is 17.3 Å². The minimum Gasteiger partial charge on any atom is -0.710 e. The van der Waals surface area contributed by atoms with Crippen molar-refractivity contribution in [1.82, 2.24) is 19.3 Å². The van der Waals surface area contributed by atoms with Crippen LogP contribution in [0.5, 0.6) is 5.75 Å². The highest BCUT2D eigenvalue weighted by molar-refractivity contribution is 5.55. The zero-order valence-corrected chi connectivity index (χ0v) is 13.4. The second kappa shape index (κ2) is 5.76. The number of nitrogens with zero attached hydrogens (tertiary/aromatic N) is 5. The first-order valence-corrected chi connectivity index (χ1v) is 7.23. The zero-order valence-electron chi connectivity index (χ0n) is 13.4. The maximum atomic E-state index is 12.7. The number of ether oxygens (including phenoxy) is 1. The number of hydrogen-bond acceptors (Lipinski definition) is 6. The predicted molar refractivity (Wildman–Crippen MR) is 84.8 cm³/mol. The van der Waals surface area contributed by atoms with Gasteiger partial charge in [-0.25, -0.2) is 9.52 Å². The van der Waals surface area contributed by atoms with Crippen LogP contribution < -0.4 is 20.7 Å². The van der Waals surface area contributed by atoms with Crippen LogP contribution in [-0.2, 0) is 13.6 Å².